The average molecular weight is 329 g/mol. The fourth-order valence-corrected chi connectivity index (χ4v) is 3.74. The van der Waals surface area contributed by atoms with Crippen LogP contribution >= 0.6 is 27.7 Å². The van der Waals surface area contributed by atoms with Crippen LogP contribution in [-0.4, -0.2) is 18.7 Å². The number of benzene rings is 1. The number of halogens is 1. The number of unbranched alkanes of at least 4 members (excludes halogenated alkanes) is 1. The molecule has 0 aromatic heterocycles. The molecule has 1 aromatic carbocycles. The van der Waals surface area contributed by atoms with E-state index in [0.29, 0.717) is 0 Å². The first-order valence-electron chi connectivity index (χ1n) is 6.11. The molecule has 2 N–H and O–H groups in total. The molecule has 1 atom stereocenters. The summed E-state index contributed by atoms with van der Waals surface area (Å²) >= 11 is 5.42. The number of hydrogen-bond donors (Lipinski definition) is 2. The molecule has 1 heterocycles. The lowest BCUT2D eigenvalue weighted by atomic mass is 10.1. The first-order valence-corrected chi connectivity index (χ1v) is 7.89. The summed E-state index contributed by atoms with van der Waals surface area (Å²) < 4.78 is 1.07. The van der Waals surface area contributed by atoms with Crippen molar-refractivity contribution in [2.45, 2.75) is 30.7 Å². The Labute approximate surface area is 120 Å². The lowest BCUT2D eigenvalue weighted by Gasteiger charge is -2.10. The molecule has 18 heavy (non-hydrogen) atoms. The summed E-state index contributed by atoms with van der Waals surface area (Å²) in [5.41, 5.74) is 1.95. The second kappa shape index (κ2) is 6.08. The summed E-state index contributed by atoms with van der Waals surface area (Å²) in [4.78, 5) is 12.9. The van der Waals surface area contributed by atoms with Crippen molar-refractivity contribution in [1.82, 2.24) is 5.32 Å². The van der Waals surface area contributed by atoms with Crippen molar-refractivity contribution in [3.8, 4) is 0 Å². The maximum Gasteiger partial charge on any atom is 0.246 e. The van der Waals surface area contributed by atoms with Gasteiger partial charge in [0.05, 0.1) is 0 Å². The molecular weight excluding hydrogens is 312 g/mol. The highest BCUT2D eigenvalue weighted by molar-refractivity contribution is 9.10. The zero-order chi connectivity index (χ0) is 13.1. The molecule has 0 radical (unpaired) electrons. The van der Waals surface area contributed by atoms with Crippen LogP contribution in [0.15, 0.2) is 21.5 Å². The maximum atomic E-state index is 11.7. The zero-order valence-corrected chi connectivity index (χ0v) is 13.0. The van der Waals surface area contributed by atoms with Crippen molar-refractivity contribution in [2.24, 2.45) is 0 Å². The highest BCUT2D eigenvalue weighted by Crippen LogP contribution is 2.39. The van der Waals surface area contributed by atoms with Gasteiger partial charge in [0, 0.05) is 20.6 Å². The Hall–Kier alpha value is -0.520. The van der Waals surface area contributed by atoms with E-state index in [1.165, 1.54) is 17.7 Å². The average Bonchev–Trinajstić information content (AvgIpc) is 2.64. The molecular formula is C13H17BrN2OS. The van der Waals surface area contributed by atoms with Gasteiger partial charge in [-0.1, -0.05) is 13.3 Å². The third-order valence-electron chi connectivity index (χ3n) is 2.98. The van der Waals surface area contributed by atoms with Crippen molar-refractivity contribution >= 4 is 39.3 Å². The number of fused-ring (bicyclic) bond motifs is 1. The van der Waals surface area contributed by atoms with E-state index in [9.17, 15) is 4.79 Å². The normalized spacial score (nSPS) is 17.7. The van der Waals surface area contributed by atoms with Crippen molar-refractivity contribution in [3.05, 3.63) is 22.2 Å². The fraction of sp³-hybridized carbons (Fsp3) is 0.462. The first kappa shape index (κ1) is 13.9. The Morgan fingerprint density at radius 2 is 2.28 bits per heavy atom. The Morgan fingerprint density at radius 1 is 1.50 bits per heavy atom. The first-order chi connectivity index (χ1) is 8.67. The summed E-state index contributed by atoms with van der Waals surface area (Å²) in [5.74, 6) is 1.13. The molecule has 0 fully saturated rings. The van der Waals surface area contributed by atoms with Gasteiger partial charge in [-0.05, 0) is 47.3 Å². The smallest absolute Gasteiger partial charge is 0.246 e. The number of thioether (sulfide) groups is 1. The van der Waals surface area contributed by atoms with E-state index in [-0.39, 0.29) is 11.9 Å². The standard InChI is InChI=1S/C13H17BrN2OS/c1-3-4-5-18-11-7-10-8(6-9(11)14)12(15-2)13(17)16-10/h6-7,12,15H,3-5H2,1-2H3,(H,16,17). The van der Waals surface area contributed by atoms with Gasteiger partial charge < -0.3 is 10.6 Å². The number of carbonyl (C=O) groups is 1. The van der Waals surface area contributed by atoms with Gasteiger partial charge >= 0.3 is 0 Å². The molecule has 0 spiro atoms. The number of likely N-dealkylation sites (N-methyl/N-ethyl adjacent to an activating group) is 1. The van der Waals surface area contributed by atoms with E-state index in [4.69, 9.17) is 0 Å². The lowest BCUT2D eigenvalue weighted by molar-refractivity contribution is -0.117. The van der Waals surface area contributed by atoms with E-state index in [1.807, 2.05) is 17.8 Å². The van der Waals surface area contributed by atoms with Crippen LogP contribution in [0.2, 0.25) is 0 Å². The van der Waals surface area contributed by atoms with E-state index < -0.39 is 0 Å². The molecule has 0 aliphatic carbocycles. The van der Waals surface area contributed by atoms with Crippen molar-refractivity contribution in [1.29, 1.82) is 0 Å². The van der Waals surface area contributed by atoms with Gasteiger partial charge in [-0.15, -0.1) is 11.8 Å². The molecule has 1 aliphatic rings. The number of carbonyl (C=O) groups excluding carboxylic acids is 1. The van der Waals surface area contributed by atoms with E-state index in [1.54, 1.807) is 7.05 Å². The summed E-state index contributed by atoms with van der Waals surface area (Å²) in [6.07, 6.45) is 2.41. The minimum absolute atomic E-state index is 0.0232. The Bertz CT molecular complexity index is 465. The largest absolute Gasteiger partial charge is 0.324 e. The monoisotopic (exact) mass is 328 g/mol. The van der Waals surface area contributed by atoms with Gasteiger partial charge in [0.15, 0.2) is 0 Å². The van der Waals surface area contributed by atoms with Crippen LogP contribution in [0.1, 0.15) is 31.4 Å². The van der Waals surface area contributed by atoms with Crippen LogP contribution in [0, 0.1) is 0 Å². The predicted octanol–water partition coefficient (Wildman–Crippen LogP) is 3.55. The number of hydrogen-bond acceptors (Lipinski definition) is 3. The Kier molecular flexibility index (Phi) is 4.70. The molecule has 1 unspecified atom stereocenters. The molecule has 0 saturated carbocycles. The Balaban J connectivity index is 2.22. The zero-order valence-electron chi connectivity index (χ0n) is 10.5. The van der Waals surface area contributed by atoms with Crippen molar-refractivity contribution in [3.63, 3.8) is 0 Å². The van der Waals surface area contributed by atoms with Crippen LogP contribution in [0.5, 0.6) is 0 Å². The molecule has 1 aliphatic heterocycles. The molecule has 0 saturated heterocycles. The molecule has 1 amide bonds. The third-order valence-corrected chi connectivity index (χ3v) is 5.04. The minimum Gasteiger partial charge on any atom is -0.324 e. The number of rotatable bonds is 5. The summed E-state index contributed by atoms with van der Waals surface area (Å²) in [7, 11) is 1.80. The van der Waals surface area contributed by atoms with Gasteiger partial charge in [0.1, 0.15) is 6.04 Å². The number of amides is 1. The number of anilines is 1. The van der Waals surface area contributed by atoms with E-state index >= 15 is 0 Å². The van der Waals surface area contributed by atoms with E-state index in [2.05, 4.69) is 39.6 Å². The fourth-order valence-electron chi connectivity index (χ4n) is 1.99. The van der Waals surface area contributed by atoms with Crippen LogP contribution in [0.3, 0.4) is 0 Å². The van der Waals surface area contributed by atoms with Crippen molar-refractivity contribution < 1.29 is 4.79 Å². The molecule has 3 nitrogen and oxygen atoms in total. The SMILES string of the molecule is CCCCSc1cc2c(cc1Br)C(NC)C(=O)N2. The summed E-state index contributed by atoms with van der Waals surface area (Å²) in [6, 6.07) is 3.88. The predicted molar refractivity (Wildman–Crippen MR) is 80.2 cm³/mol. The van der Waals surface area contributed by atoms with Gasteiger partial charge in [-0.2, -0.15) is 0 Å². The topological polar surface area (TPSA) is 41.1 Å². The van der Waals surface area contributed by atoms with Crippen LogP contribution in [0.25, 0.3) is 0 Å². The van der Waals surface area contributed by atoms with Gasteiger partial charge in [-0.3, -0.25) is 4.79 Å². The van der Waals surface area contributed by atoms with Gasteiger partial charge in [0.25, 0.3) is 0 Å². The highest BCUT2D eigenvalue weighted by atomic mass is 79.9. The third kappa shape index (κ3) is 2.73. The Morgan fingerprint density at radius 3 is 2.94 bits per heavy atom. The maximum absolute atomic E-state index is 11.7. The summed E-state index contributed by atoms with van der Waals surface area (Å²) in [6.45, 7) is 2.19. The number of nitrogens with one attached hydrogen (secondary N) is 2. The van der Waals surface area contributed by atoms with Gasteiger partial charge in [-0.25, -0.2) is 0 Å². The van der Waals surface area contributed by atoms with Crippen LogP contribution in [0.4, 0.5) is 5.69 Å². The summed E-state index contributed by atoms with van der Waals surface area (Å²) in [5, 5.41) is 5.95. The lowest BCUT2D eigenvalue weighted by Crippen LogP contribution is -2.23. The quantitative estimate of drug-likeness (QED) is 0.641. The minimum atomic E-state index is -0.231. The molecule has 5 heteroatoms. The second-order valence-electron chi connectivity index (χ2n) is 4.28. The second-order valence-corrected chi connectivity index (χ2v) is 6.27. The van der Waals surface area contributed by atoms with Crippen molar-refractivity contribution in [2.75, 3.05) is 18.1 Å². The molecule has 0 bridgehead atoms. The van der Waals surface area contributed by atoms with Crippen LogP contribution < -0.4 is 10.6 Å². The highest BCUT2D eigenvalue weighted by Gasteiger charge is 2.29. The molecule has 1 aromatic rings. The molecule has 2 rings (SSSR count). The molecule has 98 valence electrons. The van der Waals surface area contributed by atoms with E-state index in [0.717, 1.165) is 21.5 Å². The van der Waals surface area contributed by atoms with Crippen LogP contribution in [-0.2, 0) is 4.79 Å². The van der Waals surface area contributed by atoms with Gasteiger partial charge in [0.2, 0.25) is 5.91 Å².